The van der Waals surface area contributed by atoms with Gasteiger partial charge >= 0.3 is 0 Å². The maximum Gasteiger partial charge on any atom is 0.278 e. The number of phenols is 1. The van der Waals surface area contributed by atoms with Crippen LogP contribution in [-0.2, 0) is 0 Å². The Morgan fingerprint density at radius 3 is 2.92 bits per heavy atom. The van der Waals surface area contributed by atoms with Crippen molar-refractivity contribution in [1.29, 1.82) is 0 Å². The fraction of sp³-hybridized carbons (Fsp3) is 0.200. The van der Waals surface area contributed by atoms with E-state index in [2.05, 4.69) is 4.99 Å². The molecule has 1 aromatic carbocycles. The number of benzene rings is 1. The van der Waals surface area contributed by atoms with E-state index in [-0.39, 0.29) is 11.7 Å². The molecule has 0 atom stereocenters. The molecule has 1 amide bonds. The first kappa shape index (κ1) is 7.98. The van der Waals surface area contributed by atoms with Crippen molar-refractivity contribution in [2.24, 2.45) is 4.99 Å². The Kier molecular flexibility index (Phi) is 1.65. The zero-order valence-electron chi connectivity index (χ0n) is 7.24. The fourth-order valence-electron chi connectivity index (χ4n) is 1.52. The molecule has 1 aliphatic rings. The molecule has 1 N–H and O–H groups in total. The normalized spacial score (nSPS) is 14.2. The lowest BCUT2D eigenvalue weighted by Crippen LogP contribution is -1.96. The Morgan fingerprint density at radius 1 is 1.46 bits per heavy atom. The summed E-state index contributed by atoms with van der Waals surface area (Å²) in [7, 11) is 0. The molecule has 0 bridgehead atoms. The van der Waals surface area contributed by atoms with Crippen LogP contribution in [0.3, 0.4) is 0 Å². The van der Waals surface area contributed by atoms with Gasteiger partial charge < -0.3 is 5.11 Å². The number of carbonyl (C=O) groups is 1. The summed E-state index contributed by atoms with van der Waals surface area (Å²) in [5, 5.41) is 9.52. The Hall–Kier alpha value is -1.64. The Balaban J connectivity index is 2.68. The van der Waals surface area contributed by atoms with Crippen molar-refractivity contribution < 1.29 is 9.90 Å². The third-order valence-corrected chi connectivity index (χ3v) is 2.13. The van der Waals surface area contributed by atoms with Gasteiger partial charge in [-0.15, -0.1) is 0 Å². The molecule has 2 rings (SSSR count). The van der Waals surface area contributed by atoms with Gasteiger partial charge in [-0.05, 0) is 18.6 Å². The highest BCUT2D eigenvalue weighted by Gasteiger charge is 2.24. The van der Waals surface area contributed by atoms with Gasteiger partial charge in [0.05, 0.1) is 16.8 Å². The van der Waals surface area contributed by atoms with Crippen LogP contribution in [0.2, 0.25) is 0 Å². The lowest BCUT2D eigenvalue weighted by molar-refractivity contribution is 0.101. The Bertz CT molecular complexity index is 407. The quantitative estimate of drug-likeness (QED) is 0.706. The van der Waals surface area contributed by atoms with Crippen LogP contribution in [0.1, 0.15) is 29.3 Å². The molecule has 3 nitrogen and oxygen atoms in total. The fourth-order valence-corrected chi connectivity index (χ4v) is 1.52. The summed E-state index contributed by atoms with van der Waals surface area (Å²) >= 11 is 0. The summed E-state index contributed by atoms with van der Waals surface area (Å²) in [5.74, 6) is -0.105. The maximum atomic E-state index is 11.3. The molecular formula is C10H9NO2. The van der Waals surface area contributed by atoms with Gasteiger partial charge in [0.2, 0.25) is 0 Å². The largest absolute Gasteiger partial charge is 0.507 e. The number of aliphatic imine (C=N–C) groups is 1. The van der Waals surface area contributed by atoms with Gasteiger partial charge in [0.15, 0.2) is 0 Å². The SMILES string of the molecule is CCC1=NC(=O)c2cccc(O)c21. The average Bonchev–Trinajstić information content (AvgIpc) is 2.45. The summed E-state index contributed by atoms with van der Waals surface area (Å²) in [4.78, 5) is 15.1. The molecular weight excluding hydrogens is 166 g/mol. The molecule has 0 radical (unpaired) electrons. The zero-order valence-corrected chi connectivity index (χ0v) is 7.24. The molecule has 0 aliphatic carbocycles. The molecule has 0 saturated carbocycles. The van der Waals surface area contributed by atoms with Gasteiger partial charge in [0, 0.05) is 0 Å². The van der Waals surface area contributed by atoms with Crippen molar-refractivity contribution in [2.45, 2.75) is 13.3 Å². The van der Waals surface area contributed by atoms with E-state index in [4.69, 9.17) is 0 Å². The third kappa shape index (κ3) is 1.04. The van der Waals surface area contributed by atoms with Crippen molar-refractivity contribution in [3.63, 3.8) is 0 Å². The maximum absolute atomic E-state index is 11.3. The van der Waals surface area contributed by atoms with E-state index in [9.17, 15) is 9.90 Å². The number of amides is 1. The Morgan fingerprint density at radius 2 is 2.23 bits per heavy atom. The zero-order chi connectivity index (χ0) is 9.42. The van der Waals surface area contributed by atoms with Gasteiger partial charge in [-0.25, -0.2) is 4.99 Å². The van der Waals surface area contributed by atoms with Crippen LogP contribution in [0.25, 0.3) is 0 Å². The number of hydrogen-bond donors (Lipinski definition) is 1. The highest BCUT2D eigenvalue weighted by Crippen LogP contribution is 2.28. The molecule has 1 aliphatic heterocycles. The molecule has 0 fully saturated rings. The first-order chi connectivity index (χ1) is 6.24. The molecule has 1 heterocycles. The summed E-state index contributed by atoms with van der Waals surface area (Å²) in [6.45, 7) is 1.91. The number of aromatic hydroxyl groups is 1. The summed E-state index contributed by atoms with van der Waals surface area (Å²) in [6, 6.07) is 4.91. The number of fused-ring (bicyclic) bond motifs is 1. The first-order valence-electron chi connectivity index (χ1n) is 4.18. The van der Waals surface area contributed by atoms with Gasteiger partial charge in [0.25, 0.3) is 5.91 Å². The van der Waals surface area contributed by atoms with Crippen LogP contribution in [-0.4, -0.2) is 16.7 Å². The number of phenolic OH excluding ortho intramolecular Hbond substituents is 1. The van der Waals surface area contributed by atoms with E-state index < -0.39 is 0 Å². The minimum atomic E-state index is -0.247. The van der Waals surface area contributed by atoms with Crippen LogP contribution >= 0.6 is 0 Å². The van der Waals surface area contributed by atoms with E-state index in [1.54, 1.807) is 18.2 Å². The van der Waals surface area contributed by atoms with Crippen LogP contribution in [0, 0.1) is 0 Å². The second kappa shape index (κ2) is 2.69. The predicted molar refractivity (Wildman–Crippen MR) is 49.3 cm³/mol. The van der Waals surface area contributed by atoms with Gasteiger partial charge in [-0.2, -0.15) is 0 Å². The highest BCUT2D eigenvalue weighted by atomic mass is 16.3. The average molecular weight is 175 g/mol. The van der Waals surface area contributed by atoms with E-state index in [1.165, 1.54) is 0 Å². The highest BCUT2D eigenvalue weighted by molar-refractivity contribution is 6.22. The third-order valence-electron chi connectivity index (χ3n) is 2.13. The molecule has 66 valence electrons. The topological polar surface area (TPSA) is 49.7 Å². The van der Waals surface area contributed by atoms with E-state index in [0.29, 0.717) is 23.3 Å². The second-order valence-electron chi connectivity index (χ2n) is 2.92. The Labute approximate surface area is 75.7 Å². The van der Waals surface area contributed by atoms with Crippen molar-refractivity contribution in [3.05, 3.63) is 29.3 Å². The van der Waals surface area contributed by atoms with Gasteiger partial charge in [-0.3, -0.25) is 4.79 Å². The van der Waals surface area contributed by atoms with Crippen molar-refractivity contribution in [1.82, 2.24) is 0 Å². The molecule has 13 heavy (non-hydrogen) atoms. The van der Waals surface area contributed by atoms with Crippen molar-refractivity contribution in [2.75, 3.05) is 0 Å². The molecule has 1 aromatic rings. The number of carbonyl (C=O) groups excluding carboxylic acids is 1. The van der Waals surface area contributed by atoms with Crippen molar-refractivity contribution >= 4 is 11.6 Å². The lowest BCUT2D eigenvalue weighted by Gasteiger charge is -2.01. The lowest BCUT2D eigenvalue weighted by atomic mass is 10.0. The van der Waals surface area contributed by atoms with E-state index in [0.717, 1.165) is 0 Å². The van der Waals surface area contributed by atoms with Crippen LogP contribution in [0.15, 0.2) is 23.2 Å². The van der Waals surface area contributed by atoms with Crippen LogP contribution < -0.4 is 0 Å². The van der Waals surface area contributed by atoms with Crippen LogP contribution in [0.5, 0.6) is 5.75 Å². The minimum Gasteiger partial charge on any atom is -0.507 e. The van der Waals surface area contributed by atoms with Gasteiger partial charge in [-0.1, -0.05) is 13.0 Å². The number of nitrogens with zero attached hydrogens (tertiary/aromatic N) is 1. The van der Waals surface area contributed by atoms with Crippen molar-refractivity contribution in [3.8, 4) is 5.75 Å². The van der Waals surface area contributed by atoms with E-state index in [1.807, 2.05) is 6.92 Å². The number of hydrogen-bond acceptors (Lipinski definition) is 2. The smallest absolute Gasteiger partial charge is 0.278 e. The molecule has 0 saturated heterocycles. The summed E-state index contributed by atoms with van der Waals surface area (Å²) in [6.07, 6.45) is 0.663. The predicted octanol–water partition coefficient (Wildman–Crippen LogP) is 1.75. The second-order valence-corrected chi connectivity index (χ2v) is 2.92. The van der Waals surface area contributed by atoms with Crippen LogP contribution in [0.4, 0.5) is 0 Å². The minimum absolute atomic E-state index is 0.143. The number of rotatable bonds is 1. The standard InChI is InChI=1S/C10H9NO2/c1-2-7-9-6(10(13)11-7)4-3-5-8(9)12/h3-5,12H,2H2,1H3. The molecule has 0 unspecified atom stereocenters. The first-order valence-corrected chi connectivity index (χ1v) is 4.18. The molecule has 0 aromatic heterocycles. The molecule has 0 spiro atoms. The monoisotopic (exact) mass is 175 g/mol. The molecule has 3 heteroatoms. The summed E-state index contributed by atoms with van der Waals surface area (Å²) in [5.41, 5.74) is 1.80. The summed E-state index contributed by atoms with van der Waals surface area (Å²) < 4.78 is 0. The van der Waals surface area contributed by atoms with Gasteiger partial charge in [0.1, 0.15) is 5.75 Å². The van der Waals surface area contributed by atoms with E-state index >= 15 is 0 Å².